The van der Waals surface area contributed by atoms with Gasteiger partial charge in [-0.3, -0.25) is 4.99 Å². The van der Waals surface area contributed by atoms with Gasteiger partial charge in [0.2, 0.25) is 0 Å². The summed E-state index contributed by atoms with van der Waals surface area (Å²) in [5.41, 5.74) is 2.11. The van der Waals surface area contributed by atoms with Crippen molar-refractivity contribution in [1.82, 2.24) is 0 Å². The Morgan fingerprint density at radius 3 is 3.05 bits per heavy atom. The fourth-order valence-electron chi connectivity index (χ4n) is 4.00. The number of aliphatic hydroxyl groups is 1. The molecule has 0 aliphatic heterocycles. The molecule has 1 fully saturated rings. The Balaban J connectivity index is 2.20. The first kappa shape index (κ1) is 15.5. The molecule has 0 amide bonds. The summed E-state index contributed by atoms with van der Waals surface area (Å²) in [6, 6.07) is 0. The first-order valence-electron chi connectivity index (χ1n) is 8.17. The molecular formula is C18H29NO. The van der Waals surface area contributed by atoms with E-state index in [1.807, 2.05) is 6.08 Å². The lowest BCUT2D eigenvalue weighted by Crippen LogP contribution is -2.46. The monoisotopic (exact) mass is 275 g/mol. The van der Waals surface area contributed by atoms with Crippen molar-refractivity contribution >= 4 is 5.71 Å². The molecular weight excluding hydrogens is 246 g/mol. The van der Waals surface area contributed by atoms with Gasteiger partial charge in [0.25, 0.3) is 0 Å². The molecule has 1 N–H and O–H groups in total. The molecule has 0 spiro atoms. The summed E-state index contributed by atoms with van der Waals surface area (Å²) < 4.78 is 0. The van der Waals surface area contributed by atoms with E-state index in [1.165, 1.54) is 24.1 Å². The standard InChI is InChI=1S/C18H29NO/c1-4-6-11-19-16-12-14(3)17-15(13-16)8-7-10-18(17,20)9-5-2/h5,13-14,17,20H,2,4,6-12H2,1,3H3. The lowest BCUT2D eigenvalue weighted by molar-refractivity contribution is -0.0427. The van der Waals surface area contributed by atoms with E-state index in [-0.39, 0.29) is 0 Å². The van der Waals surface area contributed by atoms with Crippen LogP contribution in [0.2, 0.25) is 0 Å². The summed E-state index contributed by atoms with van der Waals surface area (Å²) in [4.78, 5) is 4.75. The van der Waals surface area contributed by atoms with Crippen molar-refractivity contribution in [2.45, 2.75) is 64.4 Å². The topological polar surface area (TPSA) is 32.6 Å². The minimum Gasteiger partial charge on any atom is -0.389 e. The van der Waals surface area contributed by atoms with Crippen molar-refractivity contribution in [3.63, 3.8) is 0 Å². The third-order valence-electron chi connectivity index (χ3n) is 4.83. The Kier molecular flexibility index (Phi) is 5.20. The minimum atomic E-state index is -0.569. The first-order chi connectivity index (χ1) is 9.60. The second-order valence-electron chi connectivity index (χ2n) is 6.55. The van der Waals surface area contributed by atoms with E-state index in [0.717, 1.165) is 32.2 Å². The number of hydrogen-bond acceptors (Lipinski definition) is 2. The van der Waals surface area contributed by atoms with E-state index in [4.69, 9.17) is 4.99 Å². The number of rotatable bonds is 5. The highest BCUT2D eigenvalue weighted by molar-refractivity contribution is 5.96. The van der Waals surface area contributed by atoms with Crippen LogP contribution in [-0.4, -0.2) is 23.0 Å². The van der Waals surface area contributed by atoms with Gasteiger partial charge in [0.05, 0.1) is 5.60 Å². The average Bonchev–Trinajstić information content (AvgIpc) is 2.38. The molecule has 2 aliphatic rings. The zero-order valence-electron chi connectivity index (χ0n) is 13.1. The number of fused-ring (bicyclic) bond motifs is 1. The molecule has 3 atom stereocenters. The van der Waals surface area contributed by atoms with Crippen molar-refractivity contribution in [2.24, 2.45) is 16.8 Å². The lowest BCUT2D eigenvalue weighted by atomic mass is 9.62. The van der Waals surface area contributed by atoms with Crippen molar-refractivity contribution in [1.29, 1.82) is 0 Å². The molecule has 112 valence electrons. The van der Waals surface area contributed by atoms with Crippen LogP contribution in [0.1, 0.15) is 58.8 Å². The molecule has 0 heterocycles. The van der Waals surface area contributed by atoms with Crippen LogP contribution in [0.5, 0.6) is 0 Å². The van der Waals surface area contributed by atoms with Crippen molar-refractivity contribution in [3.05, 3.63) is 24.3 Å². The van der Waals surface area contributed by atoms with E-state index in [9.17, 15) is 5.11 Å². The Bertz CT molecular complexity index is 410. The smallest absolute Gasteiger partial charge is 0.0749 e. The highest BCUT2D eigenvalue weighted by Gasteiger charge is 2.44. The average molecular weight is 275 g/mol. The van der Waals surface area contributed by atoms with E-state index in [1.54, 1.807) is 0 Å². The number of allylic oxidation sites excluding steroid dienone is 1. The van der Waals surface area contributed by atoms with Gasteiger partial charge in [0.15, 0.2) is 0 Å². The lowest BCUT2D eigenvalue weighted by Gasteiger charge is -2.46. The Hall–Kier alpha value is -0.890. The maximum Gasteiger partial charge on any atom is 0.0749 e. The normalized spacial score (nSPS) is 35.5. The van der Waals surface area contributed by atoms with Gasteiger partial charge in [-0.25, -0.2) is 0 Å². The van der Waals surface area contributed by atoms with Crippen LogP contribution in [0.25, 0.3) is 0 Å². The summed E-state index contributed by atoms with van der Waals surface area (Å²) in [6.07, 6.45) is 11.4. The third kappa shape index (κ3) is 3.22. The molecule has 3 unspecified atom stereocenters. The fraction of sp³-hybridized carbons (Fsp3) is 0.722. The van der Waals surface area contributed by atoms with Gasteiger partial charge in [-0.1, -0.05) is 31.9 Å². The highest BCUT2D eigenvalue weighted by atomic mass is 16.3. The van der Waals surface area contributed by atoms with Crippen molar-refractivity contribution < 1.29 is 5.11 Å². The van der Waals surface area contributed by atoms with Crippen LogP contribution in [0.3, 0.4) is 0 Å². The Morgan fingerprint density at radius 2 is 2.35 bits per heavy atom. The van der Waals surface area contributed by atoms with Gasteiger partial charge in [-0.15, -0.1) is 6.58 Å². The maximum absolute atomic E-state index is 11.0. The summed E-state index contributed by atoms with van der Waals surface area (Å²) in [6.45, 7) is 9.25. The number of hydrogen-bond donors (Lipinski definition) is 1. The quantitative estimate of drug-likeness (QED) is 0.589. The van der Waals surface area contributed by atoms with Crippen molar-refractivity contribution in [3.8, 4) is 0 Å². The second kappa shape index (κ2) is 6.71. The molecule has 0 aromatic heterocycles. The molecule has 0 radical (unpaired) electrons. The van der Waals surface area contributed by atoms with Gasteiger partial charge in [0.1, 0.15) is 0 Å². The molecule has 0 aromatic carbocycles. The molecule has 2 aliphatic carbocycles. The van der Waals surface area contributed by atoms with Crippen molar-refractivity contribution in [2.75, 3.05) is 6.54 Å². The second-order valence-corrected chi connectivity index (χ2v) is 6.55. The highest BCUT2D eigenvalue weighted by Crippen LogP contribution is 2.47. The van der Waals surface area contributed by atoms with Crippen LogP contribution < -0.4 is 0 Å². The van der Waals surface area contributed by atoms with E-state index < -0.39 is 5.60 Å². The maximum atomic E-state index is 11.0. The third-order valence-corrected chi connectivity index (χ3v) is 4.83. The molecule has 0 aromatic rings. The predicted octanol–water partition coefficient (Wildman–Crippen LogP) is 4.30. The minimum absolute atomic E-state index is 0.305. The summed E-state index contributed by atoms with van der Waals surface area (Å²) in [5.74, 6) is 0.792. The number of nitrogens with zero attached hydrogens (tertiary/aromatic N) is 1. The zero-order valence-corrected chi connectivity index (χ0v) is 13.1. The first-order valence-corrected chi connectivity index (χ1v) is 8.17. The predicted molar refractivity (Wildman–Crippen MR) is 86.2 cm³/mol. The molecule has 0 bridgehead atoms. The van der Waals surface area contributed by atoms with Gasteiger partial charge in [-0.2, -0.15) is 0 Å². The largest absolute Gasteiger partial charge is 0.389 e. The SMILES string of the molecule is C=CCC1(O)CCCC2=CC(=NCCCC)CC(C)C21. The number of aliphatic imine (C=N–C) groups is 1. The molecule has 0 saturated heterocycles. The molecule has 20 heavy (non-hydrogen) atoms. The van der Waals surface area contributed by atoms with Crippen LogP contribution in [0.15, 0.2) is 29.3 Å². The fourth-order valence-corrected chi connectivity index (χ4v) is 4.00. The molecule has 1 saturated carbocycles. The Morgan fingerprint density at radius 1 is 1.55 bits per heavy atom. The molecule has 2 heteroatoms. The summed E-state index contributed by atoms with van der Waals surface area (Å²) in [5, 5.41) is 11.0. The van der Waals surface area contributed by atoms with Gasteiger partial charge in [0, 0.05) is 18.2 Å². The van der Waals surface area contributed by atoms with Crippen LogP contribution in [0.4, 0.5) is 0 Å². The zero-order chi connectivity index (χ0) is 14.6. The Labute approximate surface area is 123 Å². The van der Waals surface area contributed by atoms with E-state index in [0.29, 0.717) is 18.3 Å². The van der Waals surface area contributed by atoms with E-state index in [2.05, 4.69) is 26.5 Å². The molecule has 2 nitrogen and oxygen atoms in total. The van der Waals surface area contributed by atoms with Crippen LogP contribution >= 0.6 is 0 Å². The van der Waals surface area contributed by atoms with Gasteiger partial charge < -0.3 is 5.11 Å². The van der Waals surface area contributed by atoms with Crippen LogP contribution in [0, 0.1) is 11.8 Å². The molecule has 2 rings (SSSR count). The van der Waals surface area contributed by atoms with E-state index >= 15 is 0 Å². The summed E-state index contributed by atoms with van der Waals surface area (Å²) >= 11 is 0. The van der Waals surface area contributed by atoms with Gasteiger partial charge in [-0.05, 0) is 50.5 Å². The summed E-state index contributed by atoms with van der Waals surface area (Å²) in [7, 11) is 0. The van der Waals surface area contributed by atoms with Crippen LogP contribution in [-0.2, 0) is 0 Å². The van der Waals surface area contributed by atoms with Gasteiger partial charge >= 0.3 is 0 Å². The number of unbranched alkanes of at least 4 members (excludes halogenated alkanes) is 1.